The first kappa shape index (κ1) is 29.8. The number of sulfone groups is 1. The van der Waals surface area contributed by atoms with Gasteiger partial charge in [0.25, 0.3) is 0 Å². The second kappa shape index (κ2) is 11.1. The number of nitriles is 1. The fourth-order valence-electron chi connectivity index (χ4n) is 3.86. The highest BCUT2D eigenvalue weighted by atomic mass is 32.2. The third-order valence-corrected chi connectivity index (χ3v) is 8.10. The SMILES string of the molecule is CS(=O)(=O)N[C@@](Cc1ccccc1)(CS(=O)(=O)c1ccc(F)cc1)C(=O)Nc1ccc(C#N)c(C(F)(F)F)c1. The van der Waals surface area contributed by atoms with E-state index in [0.29, 0.717) is 17.9 Å². The first-order valence-electron chi connectivity index (χ1n) is 11.0. The Morgan fingerprint density at radius 2 is 1.56 bits per heavy atom. The number of hydrogen-bond donors (Lipinski definition) is 2. The molecule has 0 aliphatic carbocycles. The van der Waals surface area contributed by atoms with Crippen molar-refractivity contribution in [3.8, 4) is 6.07 Å². The zero-order chi connectivity index (χ0) is 29.1. The van der Waals surface area contributed by atoms with Crippen LogP contribution in [-0.4, -0.2) is 40.3 Å². The zero-order valence-electron chi connectivity index (χ0n) is 20.2. The highest BCUT2D eigenvalue weighted by Crippen LogP contribution is 2.34. The summed E-state index contributed by atoms with van der Waals surface area (Å²) in [6.07, 6.45) is -4.78. The molecule has 39 heavy (non-hydrogen) atoms. The van der Waals surface area contributed by atoms with Crippen LogP contribution in [0.2, 0.25) is 0 Å². The fraction of sp³-hybridized carbons (Fsp3) is 0.200. The van der Waals surface area contributed by atoms with Crippen LogP contribution >= 0.6 is 0 Å². The first-order valence-corrected chi connectivity index (χ1v) is 14.5. The molecule has 1 atom stereocenters. The highest BCUT2D eigenvalue weighted by molar-refractivity contribution is 7.91. The minimum absolute atomic E-state index is 0.328. The molecule has 0 fully saturated rings. The summed E-state index contributed by atoms with van der Waals surface area (Å²) in [5.74, 6) is -3.18. The summed E-state index contributed by atoms with van der Waals surface area (Å²) in [6, 6.07) is 15.0. The molecule has 0 heterocycles. The van der Waals surface area contributed by atoms with Crippen LogP contribution in [-0.2, 0) is 37.3 Å². The van der Waals surface area contributed by atoms with Gasteiger partial charge in [0, 0.05) is 12.1 Å². The lowest BCUT2D eigenvalue weighted by atomic mass is 9.92. The standard InChI is InChI=1S/C25H21F4N3O5S2/c1-38(34,35)32-24(14-17-5-3-2-4-6-17,16-39(36,37)21-11-8-19(26)9-12-21)23(33)31-20-10-7-18(15-30)22(13-20)25(27,28)29/h2-13,32H,14,16H2,1H3,(H,31,33)/t24-/m0/s1. The molecule has 0 radical (unpaired) electrons. The van der Waals surface area contributed by atoms with Gasteiger partial charge in [0.15, 0.2) is 9.84 Å². The number of amides is 1. The maximum absolute atomic E-state index is 13.7. The quantitative estimate of drug-likeness (QED) is 0.292. The number of sulfonamides is 1. The van der Waals surface area contributed by atoms with Crippen LogP contribution < -0.4 is 10.0 Å². The lowest BCUT2D eigenvalue weighted by Gasteiger charge is -2.32. The number of hydrogen-bond acceptors (Lipinski definition) is 6. The molecule has 0 bridgehead atoms. The van der Waals surface area contributed by atoms with E-state index in [0.717, 1.165) is 36.4 Å². The van der Waals surface area contributed by atoms with Crippen molar-refractivity contribution in [2.24, 2.45) is 0 Å². The van der Waals surface area contributed by atoms with E-state index in [1.54, 1.807) is 18.2 Å². The van der Waals surface area contributed by atoms with E-state index in [1.165, 1.54) is 18.2 Å². The van der Waals surface area contributed by atoms with Gasteiger partial charge in [-0.1, -0.05) is 30.3 Å². The topological polar surface area (TPSA) is 133 Å². The van der Waals surface area contributed by atoms with Crippen LogP contribution in [0.3, 0.4) is 0 Å². The number of rotatable bonds is 9. The largest absolute Gasteiger partial charge is 0.417 e. The van der Waals surface area contributed by atoms with Crippen molar-refractivity contribution in [1.82, 2.24) is 4.72 Å². The predicted octanol–water partition coefficient (Wildman–Crippen LogP) is 3.66. The van der Waals surface area contributed by atoms with Gasteiger partial charge in [0.05, 0.1) is 34.1 Å². The average Bonchev–Trinajstić information content (AvgIpc) is 2.83. The Morgan fingerprint density at radius 1 is 0.949 bits per heavy atom. The normalized spacial score (nSPS) is 13.7. The lowest BCUT2D eigenvalue weighted by Crippen LogP contribution is -2.61. The third kappa shape index (κ3) is 7.62. The number of anilines is 1. The van der Waals surface area contributed by atoms with Gasteiger partial charge in [-0.25, -0.2) is 21.2 Å². The van der Waals surface area contributed by atoms with Gasteiger partial charge >= 0.3 is 6.18 Å². The number of benzene rings is 3. The molecule has 0 aliphatic heterocycles. The van der Waals surface area contributed by atoms with Crippen LogP contribution in [0.25, 0.3) is 0 Å². The molecular weight excluding hydrogens is 562 g/mol. The van der Waals surface area contributed by atoms with Crippen molar-refractivity contribution >= 4 is 31.5 Å². The summed E-state index contributed by atoms with van der Waals surface area (Å²) in [5, 5.41) is 11.2. The maximum atomic E-state index is 13.7. The third-order valence-electron chi connectivity index (χ3n) is 5.48. The van der Waals surface area contributed by atoms with E-state index < -0.39 is 77.2 Å². The molecule has 0 unspecified atom stereocenters. The lowest BCUT2D eigenvalue weighted by molar-refractivity contribution is -0.137. The molecule has 3 aromatic carbocycles. The molecule has 0 aromatic heterocycles. The highest BCUT2D eigenvalue weighted by Gasteiger charge is 2.46. The van der Waals surface area contributed by atoms with Crippen molar-refractivity contribution in [2.75, 3.05) is 17.3 Å². The molecule has 8 nitrogen and oxygen atoms in total. The van der Waals surface area contributed by atoms with Crippen molar-refractivity contribution in [3.05, 3.63) is 95.3 Å². The molecular formula is C25H21F4N3O5S2. The Kier molecular flexibility index (Phi) is 8.49. The van der Waals surface area contributed by atoms with Gasteiger partial charge in [-0.3, -0.25) is 4.79 Å². The van der Waals surface area contributed by atoms with Crippen molar-refractivity contribution < 1.29 is 39.2 Å². The Bertz CT molecular complexity index is 1620. The van der Waals surface area contributed by atoms with Crippen LogP contribution in [0, 0.1) is 17.1 Å². The van der Waals surface area contributed by atoms with Crippen LogP contribution in [0.4, 0.5) is 23.2 Å². The van der Waals surface area contributed by atoms with Crippen molar-refractivity contribution in [1.29, 1.82) is 5.26 Å². The average molecular weight is 584 g/mol. The Labute approximate surface area is 222 Å². The van der Waals surface area contributed by atoms with Crippen LogP contribution in [0.15, 0.2) is 77.7 Å². The van der Waals surface area contributed by atoms with Crippen LogP contribution in [0.5, 0.6) is 0 Å². The zero-order valence-corrected chi connectivity index (χ0v) is 21.8. The number of carbonyl (C=O) groups excluding carboxylic acids is 1. The molecule has 2 N–H and O–H groups in total. The summed E-state index contributed by atoms with van der Waals surface area (Å²) in [5.41, 5.74) is -4.67. The van der Waals surface area contributed by atoms with Gasteiger partial charge in [0.1, 0.15) is 11.4 Å². The molecule has 0 saturated heterocycles. The second-order valence-electron chi connectivity index (χ2n) is 8.66. The molecule has 1 amide bonds. The summed E-state index contributed by atoms with van der Waals surface area (Å²) in [6.45, 7) is 0. The second-order valence-corrected chi connectivity index (χ2v) is 12.4. The number of halogens is 4. The van der Waals surface area contributed by atoms with Crippen LogP contribution in [0.1, 0.15) is 16.7 Å². The molecule has 3 aromatic rings. The van der Waals surface area contributed by atoms with E-state index in [2.05, 4.69) is 10.0 Å². The smallest absolute Gasteiger partial charge is 0.324 e. The molecule has 206 valence electrons. The molecule has 0 saturated carbocycles. The summed E-state index contributed by atoms with van der Waals surface area (Å²) in [7, 11) is -8.78. The fourth-order valence-corrected chi connectivity index (χ4v) is 6.57. The van der Waals surface area contributed by atoms with E-state index in [9.17, 15) is 39.2 Å². The van der Waals surface area contributed by atoms with E-state index in [-0.39, 0.29) is 0 Å². The summed E-state index contributed by atoms with van der Waals surface area (Å²) >= 11 is 0. The van der Waals surface area contributed by atoms with Gasteiger partial charge in [-0.05, 0) is 48.0 Å². The number of nitrogens with one attached hydrogen (secondary N) is 2. The Hall–Kier alpha value is -3.80. The predicted molar refractivity (Wildman–Crippen MR) is 134 cm³/mol. The van der Waals surface area contributed by atoms with Gasteiger partial charge in [-0.2, -0.15) is 23.2 Å². The molecule has 0 aliphatic rings. The first-order chi connectivity index (χ1) is 18.0. The van der Waals surface area contributed by atoms with Gasteiger partial charge in [-0.15, -0.1) is 0 Å². The molecule has 14 heteroatoms. The molecule has 3 rings (SSSR count). The minimum atomic E-state index is -4.95. The monoisotopic (exact) mass is 583 g/mol. The maximum Gasteiger partial charge on any atom is 0.417 e. The molecule has 0 spiro atoms. The summed E-state index contributed by atoms with van der Waals surface area (Å²) in [4.78, 5) is 13.3. The Balaban J connectivity index is 2.16. The van der Waals surface area contributed by atoms with E-state index >= 15 is 0 Å². The number of nitrogens with zero attached hydrogens (tertiary/aromatic N) is 1. The minimum Gasteiger partial charge on any atom is -0.324 e. The number of carbonyl (C=O) groups is 1. The van der Waals surface area contributed by atoms with Crippen molar-refractivity contribution in [3.63, 3.8) is 0 Å². The van der Waals surface area contributed by atoms with Crippen molar-refractivity contribution in [2.45, 2.75) is 23.0 Å². The van der Waals surface area contributed by atoms with E-state index in [1.807, 2.05) is 0 Å². The van der Waals surface area contributed by atoms with Gasteiger partial charge < -0.3 is 5.32 Å². The Morgan fingerprint density at radius 3 is 2.10 bits per heavy atom. The summed E-state index contributed by atoms with van der Waals surface area (Å²) < 4.78 is 107. The van der Waals surface area contributed by atoms with Gasteiger partial charge in [0.2, 0.25) is 15.9 Å². The number of alkyl halides is 3. The van der Waals surface area contributed by atoms with E-state index in [4.69, 9.17) is 5.26 Å².